The van der Waals surface area contributed by atoms with Crippen molar-refractivity contribution >= 4 is 17.9 Å². The summed E-state index contributed by atoms with van der Waals surface area (Å²) in [6, 6.07) is 0. The zero-order chi connectivity index (χ0) is 47.9. The van der Waals surface area contributed by atoms with E-state index in [-0.39, 0.29) is 31.1 Å². The van der Waals surface area contributed by atoms with Crippen LogP contribution in [0.1, 0.15) is 271 Å². The smallest absolute Gasteiger partial charge is 0.306 e. The number of allylic oxidation sites excluding steroid dienone is 12. The predicted molar refractivity (Wildman–Crippen MR) is 284 cm³/mol. The van der Waals surface area contributed by atoms with E-state index in [9.17, 15) is 14.4 Å². The second-order valence-electron chi connectivity index (χ2n) is 18.5. The zero-order valence-electron chi connectivity index (χ0n) is 43.4. The highest BCUT2D eigenvalue weighted by molar-refractivity contribution is 5.71. The van der Waals surface area contributed by atoms with Crippen molar-refractivity contribution in [3.63, 3.8) is 0 Å². The Bertz CT molecular complexity index is 1240. The fourth-order valence-electron chi connectivity index (χ4n) is 7.76. The second-order valence-corrected chi connectivity index (χ2v) is 18.5. The van der Waals surface area contributed by atoms with Crippen LogP contribution in [-0.2, 0) is 28.6 Å². The third kappa shape index (κ3) is 51.8. The van der Waals surface area contributed by atoms with Crippen LogP contribution in [0.3, 0.4) is 0 Å². The van der Waals surface area contributed by atoms with E-state index in [0.717, 1.165) is 109 Å². The molecule has 1 unspecified atom stereocenters. The molecule has 380 valence electrons. The first-order valence-electron chi connectivity index (χ1n) is 27.9. The Hall–Kier alpha value is -3.15. The molecule has 0 fully saturated rings. The van der Waals surface area contributed by atoms with E-state index in [4.69, 9.17) is 14.2 Å². The number of esters is 3. The average Bonchev–Trinajstić information content (AvgIpc) is 3.31. The number of carbonyl (C=O) groups is 3. The summed E-state index contributed by atoms with van der Waals surface area (Å²) in [6.07, 6.45) is 69.4. The maximum Gasteiger partial charge on any atom is 0.306 e. The first kappa shape index (κ1) is 62.8. The molecule has 0 aromatic rings. The molecule has 0 aromatic carbocycles. The summed E-state index contributed by atoms with van der Waals surface area (Å²) in [4.78, 5) is 37.7. The minimum Gasteiger partial charge on any atom is -0.462 e. The Morgan fingerprint density at radius 2 is 0.591 bits per heavy atom. The molecule has 0 aromatic heterocycles. The van der Waals surface area contributed by atoms with Crippen molar-refractivity contribution < 1.29 is 28.6 Å². The normalized spacial score (nSPS) is 12.6. The maximum absolute atomic E-state index is 12.7. The van der Waals surface area contributed by atoms with Crippen molar-refractivity contribution in [3.05, 3.63) is 72.9 Å². The molecule has 0 amide bonds. The van der Waals surface area contributed by atoms with Gasteiger partial charge in [-0.2, -0.15) is 0 Å². The lowest BCUT2D eigenvalue weighted by molar-refractivity contribution is -0.167. The Labute approximate surface area is 408 Å². The van der Waals surface area contributed by atoms with Crippen LogP contribution in [0.4, 0.5) is 0 Å². The fourth-order valence-corrected chi connectivity index (χ4v) is 7.76. The van der Waals surface area contributed by atoms with Crippen LogP contribution in [0.25, 0.3) is 0 Å². The first-order valence-corrected chi connectivity index (χ1v) is 27.9. The molecule has 0 N–H and O–H groups in total. The number of rotatable bonds is 50. The molecule has 0 heterocycles. The summed E-state index contributed by atoms with van der Waals surface area (Å²) in [5.41, 5.74) is 0. The molecule has 0 rings (SSSR count). The van der Waals surface area contributed by atoms with Crippen LogP contribution in [0.5, 0.6) is 0 Å². The number of unbranched alkanes of at least 4 members (excludes halogenated alkanes) is 27. The van der Waals surface area contributed by atoms with Crippen molar-refractivity contribution in [2.45, 2.75) is 277 Å². The van der Waals surface area contributed by atoms with Crippen LogP contribution in [0, 0.1) is 0 Å². The molecule has 0 aliphatic carbocycles. The summed E-state index contributed by atoms with van der Waals surface area (Å²) in [6.45, 7) is 6.44. The van der Waals surface area contributed by atoms with Crippen LogP contribution in [0.2, 0.25) is 0 Å². The third-order valence-electron chi connectivity index (χ3n) is 11.9. The second kappa shape index (κ2) is 54.5. The van der Waals surface area contributed by atoms with Crippen molar-refractivity contribution in [2.75, 3.05) is 13.2 Å². The number of hydrogen-bond acceptors (Lipinski definition) is 6. The lowest BCUT2D eigenvalue weighted by Crippen LogP contribution is -2.30. The quantitative estimate of drug-likeness (QED) is 0.0262. The van der Waals surface area contributed by atoms with Crippen LogP contribution in [0.15, 0.2) is 72.9 Å². The molecule has 0 saturated heterocycles. The lowest BCUT2D eigenvalue weighted by Gasteiger charge is -2.18. The molecular weight excluding hydrogens is 817 g/mol. The van der Waals surface area contributed by atoms with Gasteiger partial charge in [-0.25, -0.2) is 0 Å². The molecular formula is C60H104O6. The third-order valence-corrected chi connectivity index (χ3v) is 11.9. The van der Waals surface area contributed by atoms with Gasteiger partial charge in [-0.15, -0.1) is 0 Å². The SMILES string of the molecule is CC/C=C\C/C=C\C/C=C\C/C=C\C/C=C\CCCCCCCCCCCCCC(=O)OCC(COC(=O)CCCCCCC)OC(=O)CCCCCCC/C=C\CCCCCCCCC. The molecule has 0 radical (unpaired) electrons. The van der Waals surface area contributed by atoms with E-state index in [2.05, 4.69) is 93.7 Å². The van der Waals surface area contributed by atoms with Crippen molar-refractivity contribution in [3.8, 4) is 0 Å². The number of ether oxygens (including phenoxy) is 3. The monoisotopic (exact) mass is 921 g/mol. The minimum atomic E-state index is -0.776. The summed E-state index contributed by atoms with van der Waals surface area (Å²) >= 11 is 0. The van der Waals surface area contributed by atoms with Crippen LogP contribution in [-0.4, -0.2) is 37.2 Å². The van der Waals surface area contributed by atoms with Gasteiger partial charge in [-0.1, -0.05) is 235 Å². The molecule has 0 spiro atoms. The highest BCUT2D eigenvalue weighted by Crippen LogP contribution is 2.15. The average molecular weight is 921 g/mol. The molecule has 0 bridgehead atoms. The van der Waals surface area contributed by atoms with Crippen molar-refractivity contribution in [2.24, 2.45) is 0 Å². The summed E-state index contributed by atoms with van der Waals surface area (Å²) in [5.74, 6) is -0.899. The van der Waals surface area contributed by atoms with E-state index in [1.807, 2.05) is 0 Å². The van der Waals surface area contributed by atoms with E-state index in [1.54, 1.807) is 0 Å². The Morgan fingerprint density at radius 1 is 0.318 bits per heavy atom. The zero-order valence-corrected chi connectivity index (χ0v) is 43.4. The summed E-state index contributed by atoms with van der Waals surface area (Å²) in [7, 11) is 0. The summed E-state index contributed by atoms with van der Waals surface area (Å²) in [5, 5.41) is 0. The highest BCUT2D eigenvalue weighted by atomic mass is 16.6. The minimum absolute atomic E-state index is 0.0790. The predicted octanol–water partition coefficient (Wildman–Crippen LogP) is 18.6. The molecule has 0 aliphatic heterocycles. The van der Waals surface area contributed by atoms with E-state index in [0.29, 0.717) is 19.3 Å². The van der Waals surface area contributed by atoms with Gasteiger partial charge in [0.15, 0.2) is 6.10 Å². The standard InChI is InChI=1S/C60H104O6/c1-4-7-10-13-15-17-19-21-23-25-26-27-28-29-30-31-32-33-34-35-37-38-40-42-44-47-50-53-59(62)65-56-57(55-64-58(61)52-49-46-12-9-6-3)66-60(63)54-51-48-45-43-41-39-36-24-22-20-18-16-14-11-8-5-2/h7,10,15,17,21,23-24,26-27,29-30,36,57H,4-6,8-9,11-14,16,18-20,22,25,28,31-35,37-56H2,1-3H3/b10-7-,17-15-,23-21-,27-26-,30-29-,36-24-. The number of hydrogen-bond donors (Lipinski definition) is 0. The Kier molecular flexibility index (Phi) is 51.9. The van der Waals surface area contributed by atoms with Gasteiger partial charge in [0.05, 0.1) is 0 Å². The van der Waals surface area contributed by atoms with Crippen molar-refractivity contribution in [1.29, 1.82) is 0 Å². The molecule has 6 nitrogen and oxygen atoms in total. The van der Waals surface area contributed by atoms with Gasteiger partial charge in [0.2, 0.25) is 0 Å². The van der Waals surface area contributed by atoms with Crippen LogP contribution >= 0.6 is 0 Å². The van der Waals surface area contributed by atoms with Gasteiger partial charge < -0.3 is 14.2 Å². The van der Waals surface area contributed by atoms with E-state index in [1.165, 1.54) is 122 Å². The topological polar surface area (TPSA) is 78.9 Å². The van der Waals surface area contributed by atoms with Gasteiger partial charge >= 0.3 is 17.9 Å². The largest absolute Gasteiger partial charge is 0.462 e. The van der Waals surface area contributed by atoms with Gasteiger partial charge in [-0.3, -0.25) is 14.4 Å². The summed E-state index contributed by atoms with van der Waals surface area (Å²) < 4.78 is 16.7. The first-order chi connectivity index (χ1) is 32.5. The van der Waals surface area contributed by atoms with E-state index >= 15 is 0 Å². The Balaban J connectivity index is 4.08. The highest BCUT2D eigenvalue weighted by Gasteiger charge is 2.19. The fraction of sp³-hybridized carbons (Fsp3) is 0.750. The van der Waals surface area contributed by atoms with Gasteiger partial charge in [0.1, 0.15) is 13.2 Å². The lowest BCUT2D eigenvalue weighted by atomic mass is 10.0. The maximum atomic E-state index is 12.7. The molecule has 1 atom stereocenters. The van der Waals surface area contributed by atoms with Gasteiger partial charge in [-0.05, 0) is 89.9 Å². The van der Waals surface area contributed by atoms with Crippen molar-refractivity contribution in [1.82, 2.24) is 0 Å². The van der Waals surface area contributed by atoms with Crippen LogP contribution < -0.4 is 0 Å². The molecule has 66 heavy (non-hydrogen) atoms. The molecule has 0 aliphatic rings. The van der Waals surface area contributed by atoms with Gasteiger partial charge in [0, 0.05) is 19.3 Å². The molecule has 0 saturated carbocycles. The molecule has 6 heteroatoms. The Morgan fingerprint density at radius 3 is 0.939 bits per heavy atom. The number of carbonyl (C=O) groups excluding carboxylic acids is 3. The van der Waals surface area contributed by atoms with Gasteiger partial charge in [0.25, 0.3) is 0 Å². The van der Waals surface area contributed by atoms with E-state index < -0.39 is 6.10 Å².